The zero-order chi connectivity index (χ0) is 11.6. The van der Waals surface area contributed by atoms with Crippen molar-refractivity contribution >= 4 is 5.69 Å². The first-order valence-corrected chi connectivity index (χ1v) is 4.98. The lowest BCUT2D eigenvalue weighted by Crippen LogP contribution is -2.23. The molecule has 0 unspecified atom stereocenters. The second-order valence-corrected chi connectivity index (χ2v) is 4.66. The van der Waals surface area contributed by atoms with Crippen molar-refractivity contribution in [2.24, 2.45) is 0 Å². The van der Waals surface area contributed by atoms with Crippen LogP contribution < -0.4 is 4.90 Å². The van der Waals surface area contributed by atoms with Gasteiger partial charge in [0.1, 0.15) is 5.82 Å². The van der Waals surface area contributed by atoms with E-state index >= 15 is 0 Å². The van der Waals surface area contributed by atoms with Crippen molar-refractivity contribution in [3.8, 4) is 0 Å². The van der Waals surface area contributed by atoms with Crippen LogP contribution in [0.2, 0.25) is 0 Å². The molecule has 0 aromatic heterocycles. The summed E-state index contributed by atoms with van der Waals surface area (Å²) in [5.41, 5.74) is 0.949. The van der Waals surface area contributed by atoms with E-state index in [4.69, 9.17) is 0 Å². The van der Waals surface area contributed by atoms with Crippen LogP contribution in [0.4, 0.5) is 10.1 Å². The van der Waals surface area contributed by atoms with Crippen molar-refractivity contribution in [2.75, 3.05) is 19.0 Å². The molecule has 0 saturated carbocycles. The van der Waals surface area contributed by atoms with Crippen molar-refractivity contribution in [2.45, 2.75) is 25.9 Å². The second-order valence-electron chi connectivity index (χ2n) is 4.66. The van der Waals surface area contributed by atoms with Crippen LogP contribution in [-0.4, -0.2) is 24.8 Å². The highest BCUT2D eigenvalue weighted by Gasteiger charge is 2.17. The number of rotatable bonds is 3. The van der Waals surface area contributed by atoms with E-state index in [0.717, 1.165) is 11.3 Å². The topological polar surface area (TPSA) is 23.5 Å². The standard InChI is InChI=1S/C12H18FNO/c1-12(2,15)8-9-7-10(13)5-6-11(9)14(3)4/h5-7,15H,8H2,1-4H3. The largest absolute Gasteiger partial charge is 0.390 e. The number of nitrogens with zero attached hydrogens (tertiary/aromatic N) is 1. The third-order valence-electron chi connectivity index (χ3n) is 2.15. The Morgan fingerprint density at radius 3 is 2.40 bits per heavy atom. The Hall–Kier alpha value is -1.09. The normalized spacial score (nSPS) is 11.6. The van der Waals surface area contributed by atoms with Crippen LogP contribution >= 0.6 is 0 Å². The van der Waals surface area contributed by atoms with Gasteiger partial charge in [0, 0.05) is 26.2 Å². The van der Waals surface area contributed by atoms with Crippen molar-refractivity contribution in [1.82, 2.24) is 0 Å². The predicted molar refractivity (Wildman–Crippen MR) is 60.7 cm³/mol. The lowest BCUT2D eigenvalue weighted by Gasteiger charge is -2.22. The highest BCUT2D eigenvalue weighted by atomic mass is 19.1. The highest BCUT2D eigenvalue weighted by molar-refractivity contribution is 5.53. The van der Waals surface area contributed by atoms with Gasteiger partial charge in [-0.25, -0.2) is 4.39 Å². The lowest BCUT2D eigenvalue weighted by atomic mass is 9.97. The number of anilines is 1. The minimum Gasteiger partial charge on any atom is -0.390 e. The van der Waals surface area contributed by atoms with Gasteiger partial charge in [-0.15, -0.1) is 0 Å². The average molecular weight is 211 g/mol. The number of hydrogen-bond acceptors (Lipinski definition) is 2. The van der Waals surface area contributed by atoms with Gasteiger partial charge >= 0.3 is 0 Å². The third-order valence-corrected chi connectivity index (χ3v) is 2.15. The van der Waals surface area contributed by atoms with E-state index in [2.05, 4.69) is 0 Å². The molecule has 84 valence electrons. The summed E-state index contributed by atoms with van der Waals surface area (Å²) in [7, 11) is 3.81. The van der Waals surface area contributed by atoms with E-state index in [1.165, 1.54) is 12.1 Å². The van der Waals surface area contributed by atoms with Crippen LogP contribution in [0.3, 0.4) is 0 Å². The zero-order valence-electron chi connectivity index (χ0n) is 9.71. The van der Waals surface area contributed by atoms with Crippen molar-refractivity contribution in [1.29, 1.82) is 0 Å². The molecule has 1 aromatic carbocycles. The van der Waals surface area contributed by atoms with Gasteiger partial charge < -0.3 is 10.0 Å². The van der Waals surface area contributed by atoms with Crippen LogP contribution in [0.15, 0.2) is 18.2 Å². The molecule has 0 bridgehead atoms. The van der Waals surface area contributed by atoms with Gasteiger partial charge in [-0.3, -0.25) is 0 Å². The molecule has 0 heterocycles. The summed E-state index contributed by atoms with van der Waals surface area (Å²) in [6.45, 7) is 3.44. The van der Waals surface area contributed by atoms with Gasteiger partial charge in [-0.1, -0.05) is 0 Å². The van der Waals surface area contributed by atoms with Gasteiger partial charge in [0.15, 0.2) is 0 Å². The van der Waals surface area contributed by atoms with Gasteiger partial charge in [0.25, 0.3) is 0 Å². The molecule has 2 nitrogen and oxygen atoms in total. The molecular weight excluding hydrogens is 193 g/mol. The Morgan fingerprint density at radius 2 is 1.93 bits per heavy atom. The smallest absolute Gasteiger partial charge is 0.123 e. The second kappa shape index (κ2) is 4.19. The summed E-state index contributed by atoms with van der Waals surface area (Å²) >= 11 is 0. The van der Waals surface area contributed by atoms with E-state index < -0.39 is 5.60 Å². The highest BCUT2D eigenvalue weighted by Crippen LogP contribution is 2.24. The summed E-state index contributed by atoms with van der Waals surface area (Å²) in [6.07, 6.45) is 0.443. The fourth-order valence-electron chi connectivity index (χ4n) is 1.60. The van der Waals surface area contributed by atoms with Gasteiger partial charge in [0.05, 0.1) is 5.60 Å². The van der Waals surface area contributed by atoms with Crippen molar-refractivity contribution in [3.63, 3.8) is 0 Å². The summed E-state index contributed by atoms with van der Waals surface area (Å²) in [6, 6.07) is 4.65. The molecule has 15 heavy (non-hydrogen) atoms. The van der Waals surface area contributed by atoms with Crippen LogP contribution in [0.25, 0.3) is 0 Å². The van der Waals surface area contributed by atoms with Gasteiger partial charge in [0.2, 0.25) is 0 Å². The first-order valence-electron chi connectivity index (χ1n) is 4.98. The fourth-order valence-corrected chi connectivity index (χ4v) is 1.60. The molecule has 0 aliphatic carbocycles. The molecule has 3 heteroatoms. The number of benzene rings is 1. The monoisotopic (exact) mass is 211 g/mol. The summed E-state index contributed by atoms with van der Waals surface area (Å²) in [5, 5.41) is 9.73. The average Bonchev–Trinajstić information content (AvgIpc) is 1.99. The van der Waals surface area contributed by atoms with Crippen LogP contribution in [-0.2, 0) is 6.42 Å². The molecule has 0 radical (unpaired) electrons. The first-order chi connectivity index (χ1) is 6.79. The number of hydrogen-bond donors (Lipinski definition) is 1. The Labute approximate surface area is 90.3 Å². The molecular formula is C12H18FNO. The van der Waals surface area contributed by atoms with Gasteiger partial charge in [-0.2, -0.15) is 0 Å². The summed E-state index contributed by atoms with van der Waals surface area (Å²) in [4.78, 5) is 1.92. The van der Waals surface area contributed by atoms with E-state index in [9.17, 15) is 9.50 Å². The van der Waals surface area contributed by atoms with E-state index in [-0.39, 0.29) is 5.82 Å². The van der Waals surface area contributed by atoms with Crippen molar-refractivity contribution < 1.29 is 9.50 Å². The molecule has 0 saturated heterocycles. The molecule has 0 fully saturated rings. The quantitative estimate of drug-likeness (QED) is 0.828. The van der Waals surface area contributed by atoms with Crippen molar-refractivity contribution in [3.05, 3.63) is 29.6 Å². The van der Waals surface area contributed by atoms with Gasteiger partial charge in [-0.05, 0) is 37.6 Å². The maximum absolute atomic E-state index is 13.1. The lowest BCUT2D eigenvalue weighted by molar-refractivity contribution is 0.0810. The zero-order valence-corrected chi connectivity index (χ0v) is 9.71. The Balaban J connectivity index is 3.08. The molecule has 1 N–H and O–H groups in total. The summed E-state index contributed by atoms with van der Waals surface area (Å²) in [5.74, 6) is -0.264. The third kappa shape index (κ3) is 3.51. The maximum atomic E-state index is 13.1. The Kier molecular flexibility index (Phi) is 3.35. The Morgan fingerprint density at radius 1 is 1.33 bits per heavy atom. The molecule has 0 aliphatic rings. The minimum absolute atomic E-state index is 0.264. The molecule has 1 rings (SSSR count). The fraction of sp³-hybridized carbons (Fsp3) is 0.500. The maximum Gasteiger partial charge on any atom is 0.123 e. The minimum atomic E-state index is -0.821. The van der Waals surface area contributed by atoms with Crippen LogP contribution in [0.1, 0.15) is 19.4 Å². The number of halogens is 1. The van der Waals surface area contributed by atoms with E-state index in [1.807, 2.05) is 19.0 Å². The number of aliphatic hydroxyl groups is 1. The predicted octanol–water partition coefficient (Wildman–Crippen LogP) is 2.21. The first kappa shape index (κ1) is 12.0. The molecule has 0 aliphatic heterocycles. The van der Waals surface area contributed by atoms with Crippen LogP contribution in [0.5, 0.6) is 0 Å². The van der Waals surface area contributed by atoms with E-state index in [1.54, 1.807) is 19.9 Å². The Bertz CT molecular complexity index is 342. The molecule has 0 atom stereocenters. The van der Waals surface area contributed by atoms with Crippen LogP contribution in [0, 0.1) is 5.82 Å². The molecule has 1 aromatic rings. The van der Waals surface area contributed by atoms with E-state index in [0.29, 0.717) is 6.42 Å². The molecule has 0 spiro atoms. The molecule has 0 amide bonds. The SMILES string of the molecule is CN(C)c1ccc(F)cc1CC(C)(C)O. The summed E-state index contributed by atoms with van der Waals surface area (Å²) < 4.78 is 13.1.